The van der Waals surface area contributed by atoms with E-state index in [1.807, 2.05) is 48.5 Å². The zero-order valence-corrected chi connectivity index (χ0v) is 20.6. The fourth-order valence-corrected chi connectivity index (χ4v) is 5.34. The fraction of sp³-hybridized carbons (Fsp3) is 0.520. The molecule has 1 unspecified atom stereocenters. The van der Waals surface area contributed by atoms with E-state index in [1.54, 1.807) is 0 Å². The highest BCUT2D eigenvalue weighted by Crippen LogP contribution is 2.26. The summed E-state index contributed by atoms with van der Waals surface area (Å²) in [6, 6.07) is 9.88. The minimum Gasteiger partial charge on any atom is -0.755 e. The number of anilines is 2. The number of aryl methyl sites for hydroxylation is 2. The molecular weight excluding hydrogens is 450 g/mol. The van der Waals surface area contributed by atoms with Crippen LogP contribution in [0.25, 0.3) is 0 Å². The fourth-order valence-electron chi connectivity index (χ4n) is 4.96. The number of likely N-dealkylation sites (tertiary alicyclic amines) is 1. The largest absolute Gasteiger partial charge is 0.755 e. The molecule has 1 amide bonds. The first-order chi connectivity index (χ1) is 16.5. The Morgan fingerprint density at radius 1 is 1.09 bits per heavy atom. The van der Waals surface area contributed by atoms with Crippen molar-refractivity contribution in [2.75, 3.05) is 55.4 Å². The van der Waals surface area contributed by atoms with Crippen molar-refractivity contribution in [3.63, 3.8) is 0 Å². The van der Waals surface area contributed by atoms with E-state index in [9.17, 15) is 13.6 Å². The Bertz CT molecular complexity index is 974. The van der Waals surface area contributed by atoms with Crippen LogP contribution in [0.2, 0.25) is 0 Å². The lowest BCUT2D eigenvalue weighted by molar-refractivity contribution is -0.133. The number of piperidine rings is 1. The molecule has 3 heterocycles. The van der Waals surface area contributed by atoms with Crippen LogP contribution in [0.1, 0.15) is 30.4 Å². The molecule has 1 aromatic carbocycles. The third-order valence-electron chi connectivity index (χ3n) is 7.00. The Labute approximate surface area is 204 Å². The predicted octanol–water partition coefficient (Wildman–Crippen LogP) is 2.59. The molecule has 1 N–H and O–H groups in total. The molecule has 34 heavy (non-hydrogen) atoms. The van der Waals surface area contributed by atoms with Gasteiger partial charge in [-0.2, -0.15) is 0 Å². The zero-order valence-electron chi connectivity index (χ0n) is 19.8. The molecule has 184 valence electrons. The van der Waals surface area contributed by atoms with Gasteiger partial charge in [0, 0.05) is 74.3 Å². The molecule has 0 radical (unpaired) electrons. The lowest BCUT2D eigenvalue weighted by atomic mass is 9.90. The molecule has 2 aromatic rings. The average molecular weight is 485 g/mol. The predicted molar refractivity (Wildman–Crippen MR) is 134 cm³/mol. The van der Waals surface area contributed by atoms with Gasteiger partial charge in [-0.25, -0.2) is 0 Å². The smallest absolute Gasteiger partial charge is 0.236 e. The maximum Gasteiger partial charge on any atom is 0.236 e. The van der Waals surface area contributed by atoms with Crippen LogP contribution in [-0.4, -0.2) is 75.3 Å². The molecule has 1 atom stereocenters. The molecule has 0 saturated carbocycles. The number of benzene rings is 1. The highest BCUT2D eigenvalue weighted by atomic mass is 32.2. The second kappa shape index (κ2) is 11.8. The van der Waals surface area contributed by atoms with E-state index in [0.29, 0.717) is 18.2 Å². The number of amides is 1. The lowest BCUT2D eigenvalue weighted by Gasteiger charge is -2.38. The maximum absolute atomic E-state index is 12.9. The number of nitrogens with zero attached hydrogens (tertiary/aromatic N) is 4. The van der Waals surface area contributed by atoms with Crippen molar-refractivity contribution in [3.05, 3.63) is 53.9 Å². The van der Waals surface area contributed by atoms with Gasteiger partial charge >= 0.3 is 0 Å². The van der Waals surface area contributed by atoms with Crippen LogP contribution in [0.5, 0.6) is 0 Å². The van der Waals surface area contributed by atoms with E-state index in [2.05, 4.69) is 25.6 Å². The van der Waals surface area contributed by atoms with E-state index in [0.717, 1.165) is 76.1 Å². The summed E-state index contributed by atoms with van der Waals surface area (Å²) in [6.07, 6.45) is 7.48. The van der Waals surface area contributed by atoms with E-state index < -0.39 is 11.3 Å². The van der Waals surface area contributed by atoms with Crippen LogP contribution in [0, 0.1) is 12.8 Å². The molecule has 0 spiro atoms. The molecule has 1 aromatic heterocycles. The molecule has 8 nitrogen and oxygen atoms in total. The Morgan fingerprint density at radius 2 is 1.79 bits per heavy atom. The van der Waals surface area contributed by atoms with Crippen LogP contribution < -0.4 is 9.62 Å². The summed E-state index contributed by atoms with van der Waals surface area (Å²) in [5, 5.41) is 0. The molecule has 0 aliphatic carbocycles. The normalized spacial score (nSPS) is 18.6. The maximum atomic E-state index is 12.9. The quantitative estimate of drug-likeness (QED) is 0.579. The van der Waals surface area contributed by atoms with Crippen molar-refractivity contribution in [1.82, 2.24) is 14.8 Å². The Kier molecular flexibility index (Phi) is 8.53. The van der Waals surface area contributed by atoms with Gasteiger partial charge in [0.05, 0.1) is 6.54 Å². The number of piperazine rings is 1. The molecule has 4 rings (SSSR count). The highest BCUT2D eigenvalue weighted by molar-refractivity contribution is 7.80. The van der Waals surface area contributed by atoms with Gasteiger partial charge in [0.25, 0.3) is 0 Å². The van der Waals surface area contributed by atoms with Crippen LogP contribution in [0.4, 0.5) is 11.4 Å². The van der Waals surface area contributed by atoms with Gasteiger partial charge in [0.1, 0.15) is 0 Å². The summed E-state index contributed by atoms with van der Waals surface area (Å²) >= 11 is -2.32. The second-order valence-corrected chi connectivity index (χ2v) is 10.0. The number of hydrogen-bond donors (Lipinski definition) is 1. The van der Waals surface area contributed by atoms with Crippen LogP contribution >= 0.6 is 0 Å². The first-order valence-electron chi connectivity index (χ1n) is 12.1. The number of rotatable bonds is 8. The van der Waals surface area contributed by atoms with Crippen molar-refractivity contribution in [1.29, 1.82) is 0 Å². The summed E-state index contributed by atoms with van der Waals surface area (Å²) in [5.74, 6) is 0.790. The molecule has 0 bridgehead atoms. The summed E-state index contributed by atoms with van der Waals surface area (Å²) in [7, 11) is 0. The molecule has 9 heteroatoms. The van der Waals surface area contributed by atoms with Gasteiger partial charge in [-0.3, -0.25) is 18.9 Å². The summed E-state index contributed by atoms with van der Waals surface area (Å²) in [5.41, 5.74) is 4.02. The lowest BCUT2D eigenvalue weighted by Crippen LogP contribution is -2.51. The van der Waals surface area contributed by atoms with Crippen molar-refractivity contribution >= 4 is 28.5 Å². The monoisotopic (exact) mass is 484 g/mol. The SMILES string of the molecule is Cc1ccc(NS(=O)[O-])c(CCC2CCN(C(=O)CN3CCN(c4ccncc4)CC3)CC2)c1. The number of pyridine rings is 1. The van der Waals surface area contributed by atoms with Crippen molar-refractivity contribution < 1.29 is 13.6 Å². The van der Waals surface area contributed by atoms with E-state index in [4.69, 9.17) is 0 Å². The van der Waals surface area contributed by atoms with Crippen molar-refractivity contribution in [2.45, 2.75) is 32.6 Å². The first kappa shape index (κ1) is 24.6. The number of hydrogen-bond acceptors (Lipinski definition) is 6. The number of carbonyl (C=O) groups excluding carboxylic acids is 1. The van der Waals surface area contributed by atoms with Gasteiger partial charge in [-0.05, 0) is 62.3 Å². The summed E-state index contributed by atoms with van der Waals surface area (Å²) in [6.45, 7) is 7.78. The van der Waals surface area contributed by atoms with Gasteiger partial charge in [-0.15, -0.1) is 0 Å². The molecule has 2 fully saturated rings. The molecule has 2 aliphatic heterocycles. The molecular formula is C25H34N5O3S-. The first-order valence-corrected chi connectivity index (χ1v) is 13.2. The van der Waals surface area contributed by atoms with Crippen LogP contribution in [-0.2, 0) is 22.5 Å². The summed E-state index contributed by atoms with van der Waals surface area (Å²) in [4.78, 5) is 23.6. The molecule has 2 aliphatic rings. The number of nitrogens with one attached hydrogen (secondary N) is 1. The Morgan fingerprint density at radius 3 is 2.47 bits per heavy atom. The van der Waals surface area contributed by atoms with Crippen molar-refractivity contribution in [2.24, 2.45) is 5.92 Å². The standard InChI is InChI=1S/C25H35N5O3S/c1-20-2-5-24(27-34(32)33)22(18-20)4-3-21-8-12-30(13-9-21)25(31)19-28-14-16-29(17-15-28)23-6-10-26-11-7-23/h2,5-7,10-11,18,21,27H,3-4,8-9,12-17,19H2,1H3,(H,32,33)/p-1. The van der Waals surface area contributed by atoms with Crippen LogP contribution in [0.15, 0.2) is 42.7 Å². The number of aromatic nitrogens is 1. The van der Waals surface area contributed by atoms with Gasteiger partial charge in [0.15, 0.2) is 0 Å². The van der Waals surface area contributed by atoms with Gasteiger partial charge < -0.3 is 19.1 Å². The van der Waals surface area contributed by atoms with Crippen LogP contribution in [0.3, 0.4) is 0 Å². The second-order valence-electron chi connectivity index (χ2n) is 9.33. The third kappa shape index (κ3) is 6.77. The zero-order chi connectivity index (χ0) is 23.9. The third-order valence-corrected chi connectivity index (χ3v) is 7.39. The van der Waals surface area contributed by atoms with E-state index >= 15 is 0 Å². The molecule has 2 saturated heterocycles. The summed E-state index contributed by atoms with van der Waals surface area (Å²) < 4.78 is 24.7. The van der Waals surface area contributed by atoms with E-state index in [1.165, 1.54) is 5.69 Å². The minimum absolute atomic E-state index is 0.235. The number of carbonyl (C=O) groups is 1. The highest BCUT2D eigenvalue weighted by Gasteiger charge is 2.26. The van der Waals surface area contributed by atoms with Gasteiger partial charge in [-0.1, -0.05) is 17.7 Å². The van der Waals surface area contributed by atoms with E-state index in [-0.39, 0.29) is 5.91 Å². The Hall–Kier alpha value is -2.49. The van der Waals surface area contributed by atoms with Gasteiger partial charge in [0.2, 0.25) is 5.91 Å². The average Bonchev–Trinajstić information content (AvgIpc) is 2.85. The topological polar surface area (TPSA) is 91.8 Å². The Balaban J connectivity index is 1.19. The minimum atomic E-state index is -2.32. The van der Waals surface area contributed by atoms with Crippen molar-refractivity contribution in [3.8, 4) is 0 Å².